The van der Waals surface area contributed by atoms with E-state index < -0.39 is 0 Å². The van der Waals surface area contributed by atoms with Gasteiger partial charge in [0.15, 0.2) is 0 Å². The predicted molar refractivity (Wildman–Crippen MR) is 68.5 cm³/mol. The van der Waals surface area contributed by atoms with Crippen LogP contribution >= 0.6 is 23.4 Å². The van der Waals surface area contributed by atoms with Crippen LogP contribution < -0.4 is 4.90 Å². The van der Waals surface area contributed by atoms with Gasteiger partial charge in [-0.1, -0.05) is 23.4 Å². The Hall–Kier alpha value is -1.72. The molecule has 0 N–H and O–H groups in total. The quantitative estimate of drug-likeness (QED) is 0.675. The lowest BCUT2D eigenvalue weighted by Gasteiger charge is -2.00. The first-order valence-electron chi connectivity index (χ1n) is 5.15. The van der Waals surface area contributed by atoms with E-state index in [4.69, 9.17) is 11.6 Å². The molecule has 4 nitrogen and oxygen atoms in total. The highest BCUT2D eigenvalue weighted by Crippen LogP contribution is 2.29. The fourth-order valence-corrected chi connectivity index (χ4v) is 2.53. The molecule has 1 aromatic heterocycles. The smallest absolute Gasteiger partial charge is 0.249 e. The molecule has 3 rings (SSSR count). The largest absolute Gasteiger partial charge is 0.359 e. The topological polar surface area (TPSA) is 53.0 Å². The van der Waals surface area contributed by atoms with E-state index in [1.54, 1.807) is 17.8 Å². The summed E-state index contributed by atoms with van der Waals surface area (Å²) in [6.45, 7) is 0. The normalized spacial score (nSPS) is 10.9. The first kappa shape index (κ1) is 11.4. The Labute approximate surface area is 112 Å². The Morgan fingerprint density at radius 2 is 1.83 bits per heavy atom. The third-order valence-electron chi connectivity index (χ3n) is 2.41. The maximum absolute atomic E-state index is 11.2. The lowest BCUT2D eigenvalue weighted by Crippen LogP contribution is -2.22. The van der Waals surface area contributed by atoms with Crippen LogP contribution in [0.5, 0.6) is 0 Å². The van der Waals surface area contributed by atoms with Crippen LogP contribution in [-0.4, -0.2) is 5.16 Å². The van der Waals surface area contributed by atoms with Crippen molar-refractivity contribution >= 4 is 34.4 Å². The van der Waals surface area contributed by atoms with Gasteiger partial charge < -0.3 is 5.21 Å². The molecule has 0 saturated heterocycles. The zero-order valence-electron chi connectivity index (χ0n) is 9.04. The van der Waals surface area contributed by atoms with Crippen molar-refractivity contribution in [3.8, 4) is 0 Å². The SMILES string of the molecule is [O-][n+]1onc2cc(Sc3ccc(Cl)cc3)ccc21. The summed E-state index contributed by atoms with van der Waals surface area (Å²) in [5.41, 5.74) is 0.972. The molecule has 0 bridgehead atoms. The van der Waals surface area contributed by atoms with Gasteiger partial charge in [0.1, 0.15) is 0 Å². The van der Waals surface area contributed by atoms with E-state index in [0.29, 0.717) is 21.0 Å². The predicted octanol–water partition coefficient (Wildman–Crippen LogP) is 3.27. The van der Waals surface area contributed by atoms with Gasteiger partial charge in [0.2, 0.25) is 11.0 Å². The third kappa shape index (κ3) is 2.14. The molecule has 0 amide bonds. The maximum atomic E-state index is 11.2. The van der Waals surface area contributed by atoms with Gasteiger partial charge in [-0.25, -0.2) is 0 Å². The minimum Gasteiger partial charge on any atom is -0.359 e. The molecule has 6 heteroatoms. The molecule has 0 atom stereocenters. The number of aromatic nitrogens is 2. The average molecular weight is 279 g/mol. The van der Waals surface area contributed by atoms with Gasteiger partial charge in [0, 0.05) is 26.0 Å². The van der Waals surface area contributed by atoms with E-state index in [1.165, 1.54) is 0 Å². The standard InChI is InChI=1S/C12H7ClN2O2S/c13-8-1-3-9(4-2-8)18-10-5-6-12-11(7-10)14-17-15(12)16/h1-7H. The summed E-state index contributed by atoms with van der Waals surface area (Å²) in [6, 6.07) is 12.9. The fraction of sp³-hybridized carbons (Fsp3) is 0. The number of hydrogen-bond donors (Lipinski definition) is 0. The van der Waals surface area contributed by atoms with E-state index in [9.17, 15) is 5.21 Å². The molecule has 0 radical (unpaired) electrons. The van der Waals surface area contributed by atoms with E-state index in [1.807, 2.05) is 36.4 Å². The van der Waals surface area contributed by atoms with Gasteiger partial charge in [-0.15, -0.1) is 0 Å². The van der Waals surface area contributed by atoms with Crippen molar-refractivity contribution in [3.63, 3.8) is 0 Å². The summed E-state index contributed by atoms with van der Waals surface area (Å²) in [7, 11) is 0. The molecule has 0 aliphatic carbocycles. The molecular formula is C12H7ClN2O2S. The van der Waals surface area contributed by atoms with Crippen LogP contribution in [0.25, 0.3) is 11.0 Å². The van der Waals surface area contributed by atoms with Crippen molar-refractivity contribution in [1.82, 2.24) is 5.16 Å². The van der Waals surface area contributed by atoms with E-state index in [2.05, 4.69) is 9.79 Å². The van der Waals surface area contributed by atoms with Gasteiger partial charge in [0.05, 0.1) is 0 Å². The van der Waals surface area contributed by atoms with Crippen LogP contribution in [0.15, 0.2) is 56.9 Å². The van der Waals surface area contributed by atoms with Crippen LogP contribution in [0.4, 0.5) is 0 Å². The molecular weight excluding hydrogens is 272 g/mol. The van der Waals surface area contributed by atoms with Crippen LogP contribution in [0.2, 0.25) is 5.02 Å². The molecule has 18 heavy (non-hydrogen) atoms. The average Bonchev–Trinajstić information content (AvgIpc) is 2.74. The highest BCUT2D eigenvalue weighted by atomic mass is 35.5. The van der Waals surface area contributed by atoms with Gasteiger partial charge in [0.25, 0.3) is 0 Å². The molecule has 0 spiro atoms. The Balaban J connectivity index is 1.92. The maximum Gasteiger partial charge on any atom is 0.249 e. The number of nitrogens with zero attached hydrogens (tertiary/aromatic N) is 2. The number of hydrogen-bond acceptors (Lipinski definition) is 4. The highest BCUT2D eigenvalue weighted by Gasteiger charge is 2.09. The molecule has 0 saturated carbocycles. The zero-order chi connectivity index (χ0) is 12.5. The number of halogens is 1. The minimum absolute atomic E-state index is 0.395. The van der Waals surface area contributed by atoms with Gasteiger partial charge in [-0.05, 0) is 41.3 Å². The van der Waals surface area contributed by atoms with E-state index in [-0.39, 0.29) is 0 Å². The summed E-state index contributed by atoms with van der Waals surface area (Å²) in [4.78, 5) is 2.45. The van der Waals surface area contributed by atoms with Crippen LogP contribution in [-0.2, 0) is 0 Å². The first-order valence-corrected chi connectivity index (χ1v) is 6.35. The Bertz CT molecular complexity index is 697. The molecule has 0 aliphatic heterocycles. The summed E-state index contributed by atoms with van der Waals surface area (Å²) in [6.07, 6.45) is 0. The summed E-state index contributed by atoms with van der Waals surface area (Å²) in [5.74, 6) is 0. The second-order valence-electron chi connectivity index (χ2n) is 3.64. The minimum atomic E-state index is 0.395. The first-order chi connectivity index (χ1) is 8.72. The second kappa shape index (κ2) is 4.51. The Morgan fingerprint density at radius 1 is 1.11 bits per heavy atom. The third-order valence-corrected chi connectivity index (χ3v) is 3.66. The van der Waals surface area contributed by atoms with Crippen molar-refractivity contribution in [2.45, 2.75) is 9.79 Å². The van der Waals surface area contributed by atoms with Gasteiger partial charge >= 0.3 is 0 Å². The van der Waals surface area contributed by atoms with E-state index >= 15 is 0 Å². The van der Waals surface area contributed by atoms with E-state index in [0.717, 1.165) is 9.79 Å². The van der Waals surface area contributed by atoms with Crippen molar-refractivity contribution < 1.29 is 9.53 Å². The van der Waals surface area contributed by atoms with Crippen LogP contribution in [0.1, 0.15) is 0 Å². The molecule has 2 aromatic carbocycles. The number of rotatable bonds is 2. The molecule has 0 fully saturated rings. The summed E-state index contributed by atoms with van der Waals surface area (Å²) < 4.78 is 4.52. The molecule has 3 aromatic rings. The second-order valence-corrected chi connectivity index (χ2v) is 5.22. The molecule has 1 heterocycles. The summed E-state index contributed by atoms with van der Waals surface area (Å²) in [5, 5.41) is 15.5. The van der Waals surface area contributed by atoms with Crippen molar-refractivity contribution in [2.24, 2.45) is 0 Å². The zero-order valence-corrected chi connectivity index (χ0v) is 10.6. The van der Waals surface area contributed by atoms with Crippen molar-refractivity contribution in [3.05, 3.63) is 52.7 Å². The molecule has 90 valence electrons. The fourth-order valence-electron chi connectivity index (χ4n) is 1.56. The van der Waals surface area contributed by atoms with Gasteiger partial charge in [-0.2, -0.15) is 0 Å². The monoisotopic (exact) mass is 278 g/mol. The lowest BCUT2D eigenvalue weighted by atomic mass is 10.3. The van der Waals surface area contributed by atoms with Crippen molar-refractivity contribution in [1.29, 1.82) is 0 Å². The van der Waals surface area contributed by atoms with Gasteiger partial charge in [-0.3, -0.25) is 4.63 Å². The molecule has 0 aliphatic rings. The summed E-state index contributed by atoms with van der Waals surface area (Å²) >= 11 is 7.40. The van der Waals surface area contributed by atoms with Crippen molar-refractivity contribution in [2.75, 3.05) is 0 Å². The molecule has 0 unspecified atom stereocenters. The Kier molecular flexibility index (Phi) is 2.85. The van der Waals surface area contributed by atoms with Crippen LogP contribution in [0, 0.1) is 5.21 Å². The number of fused-ring (bicyclic) bond motifs is 1. The van der Waals surface area contributed by atoms with Crippen LogP contribution in [0.3, 0.4) is 0 Å². The number of benzene rings is 2. The Morgan fingerprint density at radius 3 is 2.61 bits per heavy atom. The lowest BCUT2D eigenvalue weighted by molar-refractivity contribution is -0.782. The highest BCUT2D eigenvalue weighted by molar-refractivity contribution is 7.99.